The summed E-state index contributed by atoms with van der Waals surface area (Å²) < 4.78 is 5.48. The second-order valence-corrected chi connectivity index (χ2v) is 6.79. The topological polar surface area (TPSA) is 19.6 Å². The van der Waals surface area contributed by atoms with E-state index in [0.717, 1.165) is 30.1 Å². The van der Waals surface area contributed by atoms with Crippen molar-refractivity contribution in [1.29, 1.82) is 0 Å². The van der Waals surface area contributed by atoms with Gasteiger partial charge in [-0.3, -0.25) is 4.90 Å². The van der Waals surface area contributed by atoms with Crippen LogP contribution in [-0.2, 0) is 6.54 Å². The van der Waals surface area contributed by atoms with Gasteiger partial charge in [-0.05, 0) is 55.7 Å². The molecule has 1 aromatic heterocycles. The lowest BCUT2D eigenvalue weighted by Crippen LogP contribution is -2.40. The van der Waals surface area contributed by atoms with E-state index in [4.69, 9.17) is 4.42 Å². The van der Waals surface area contributed by atoms with Crippen LogP contribution in [0.15, 0.2) is 22.8 Å². The Morgan fingerprint density at radius 2 is 1.89 bits per heavy atom. The molecule has 0 spiro atoms. The second kappa shape index (κ2) is 4.95. The third kappa shape index (κ3) is 2.72. The monoisotopic (exact) mass is 260 g/mol. The molecule has 2 atom stereocenters. The summed E-state index contributed by atoms with van der Waals surface area (Å²) in [4.78, 5) is 5.32. The Morgan fingerprint density at radius 1 is 1.05 bits per heavy atom. The highest BCUT2D eigenvalue weighted by atomic mass is 16.3. The first-order chi connectivity index (χ1) is 9.37. The number of fused-ring (bicyclic) bond motifs is 1. The molecule has 0 aromatic carbocycles. The Hall–Kier alpha value is -0.800. The first-order valence-corrected chi connectivity index (χ1v) is 7.84. The summed E-state index contributed by atoms with van der Waals surface area (Å²) in [6, 6.07) is 4.09. The van der Waals surface area contributed by atoms with Crippen LogP contribution in [0.2, 0.25) is 0 Å². The molecule has 1 aliphatic carbocycles. The Morgan fingerprint density at radius 3 is 2.68 bits per heavy atom. The van der Waals surface area contributed by atoms with Crippen molar-refractivity contribution in [1.82, 2.24) is 9.80 Å². The zero-order valence-corrected chi connectivity index (χ0v) is 11.6. The number of rotatable bonds is 4. The number of likely N-dealkylation sites (tertiary alicyclic amines) is 2. The van der Waals surface area contributed by atoms with Crippen LogP contribution in [0.5, 0.6) is 0 Å². The molecule has 4 rings (SSSR count). The van der Waals surface area contributed by atoms with Gasteiger partial charge in [0, 0.05) is 26.2 Å². The summed E-state index contributed by atoms with van der Waals surface area (Å²) in [5, 5.41) is 0. The van der Waals surface area contributed by atoms with E-state index in [2.05, 4.69) is 15.9 Å². The minimum Gasteiger partial charge on any atom is -0.468 e. The van der Waals surface area contributed by atoms with Crippen molar-refractivity contribution in [3.63, 3.8) is 0 Å². The second-order valence-electron chi connectivity index (χ2n) is 6.79. The predicted molar refractivity (Wildman–Crippen MR) is 74.7 cm³/mol. The van der Waals surface area contributed by atoms with Crippen LogP contribution in [0.25, 0.3) is 0 Å². The van der Waals surface area contributed by atoms with E-state index >= 15 is 0 Å². The summed E-state index contributed by atoms with van der Waals surface area (Å²) in [5.74, 6) is 4.00. The minimum absolute atomic E-state index is 0.905. The van der Waals surface area contributed by atoms with Gasteiger partial charge in [0.25, 0.3) is 0 Å². The van der Waals surface area contributed by atoms with Gasteiger partial charge in [-0.25, -0.2) is 0 Å². The molecule has 2 aliphatic heterocycles. The Balaban J connectivity index is 1.32. The number of furan rings is 1. The maximum absolute atomic E-state index is 5.48. The van der Waals surface area contributed by atoms with Crippen molar-refractivity contribution in [2.75, 3.05) is 32.7 Å². The van der Waals surface area contributed by atoms with E-state index in [1.807, 2.05) is 6.07 Å². The lowest BCUT2D eigenvalue weighted by Gasteiger charge is -2.34. The van der Waals surface area contributed by atoms with Crippen LogP contribution in [0.3, 0.4) is 0 Å². The average molecular weight is 260 g/mol. The van der Waals surface area contributed by atoms with E-state index in [1.165, 1.54) is 52.0 Å². The molecule has 3 fully saturated rings. The van der Waals surface area contributed by atoms with Crippen LogP contribution in [0.1, 0.15) is 25.0 Å². The normalized spacial score (nSPS) is 32.6. The molecule has 0 bridgehead atoms. The summed E-state index contributed by atoms with van der Waals surface area (Å²) in [5.41, 5.74) is 0. The molecule has 3 nitrogen and oxygen atoms in total. The zero-order valence-electron chi connectivity index (χ0n) is 11.6. The third-order valence-electron chi connectivity index (χ3n) is 5.13. The first kappa shape index (κ1) is 12.0. The van der Waals surface area contributed by atoms with Gasteiger partial charge in [-0.1, -0.05) is 0 Å². The van der Waals surface area contributed by atoms with Gasteiger partial charge >= 0.3 is 0 Å². The summed E-state index contributed by atoms with van der Waals surface area (Å²) >= 11 is 0. The first-order valence-electron chi connectivity index (χ1n) is 7.84. The summed E-state index contributed by atoms with van der Waals surface area (Å²) in [6.45, 7) is 7.61. The zero-order chi connectivity index (χ0) is 12.7. The van der Waals surface area contributed by atoms with E-state index < -0.39 is 0 Å². The lowest BCUT2D eigenvalue weighted by molar-refractivity contribution is 0.143. The van der Waals surface area contributed by atoms with Crippen molar-refractivity contribution < 1.29 is 4.42 Å². The van der Waals surface area contributed by atoms with Crippen molar-refractivity contribution in [2.45, 2.75) is 25.8 Å². The number of hydrogen-bond donors (Lipinski definition) is 0. The fourth-order valence-corrected chi connectivity index (χ4v) is 3.92. The largest absolute Gasteiger partial charge is 0.468 e. The number of piperidine rings is 1. The molecule has 19 heavy (non-hydrogen) atoms. The van der Waals surface area contributed by atoms with Crippen LogP contribution in [0, 0.1) is 17.8 Å². The van der Waals surface area contributed by atoms with E-state index in [-0.39, 0.29) is 0 Å². The van der Waals surface area contributed by atoms with Crippen molar-refractivity contribution in [3.05, 3.63) is 24.2 Å². The van der Waals surface area contributed by atoms with Gasteiger partial charge in [-0.15, -0.1) is 0 Å². The molecule has 0 unspecified atom stereocenters. The maximum Gasteiger partial charge on any atom is 0.117 e. The lowest BCUT2D eigenvalue weighted by atomic mass is 9.88. The molecule has 0 N–H and O–H groups in total. The highest BCUT2D eigenvalue weighted by Gasteiger charge is 2.38. The van der Waals surface area contributed by atoms with Crippen molar-refractivity contribution in [2.24, 2.45) is 17.8 Å². The van der Waals surface area contributed by atoms with Gasteiger partial charge < -0.3 is 9.32 Å². The molecule has 3 aliphatic rings. The van der Waals surface area contributed by atoms with Gasteiger partial charge in [0.1, 0.15) is 5.76 Å². The Kier molecular flexibility index (Phi) is 3.12. The van der Waals surface area contributed by atoms with Crippen molar-refractivity contribution >= 4 is 0 Å². The van der Waals surface area contributed by atoms with Gasteiger partial charge in [0.15, 0.2) is 0 Å². The van der Waals surface area contributed by atoms with Gasteiger partial charge in [0.2, 0.25) is 0 Å². The Labute approximate surface area is 115 Å². The molecular formula is C16H24N2O. The van der Waals surface area contributed by atoms with Crippen LogP contribution < -0.4 is 0 Å². The fourth-order valence-electron chi connectivity index (χ4n) is 3.92. The summed E-state index contributed by atoms with van der Waals surface area (Å²) in [7, 11) is 0. The predicted octanol–water partition coefficient (Wildman–Crippen LogP) is 2.44. The Bertz CT molecular complexity index is 412. The molecule has 104 valence electrons. The molecule has 1 saturated carbocycles. The maximum atomic E-state index is 5.48. The van der Waals surface area contributed by atoms with Crippen LogP contribution in [-0.4, -0.2) is 42.5 Å². The van der Waals surface area contributed by atoms with E-state index in [0.29, 0.717) is 0 Å². The van der Waals surface area contributed by atoms with Crippen LogP contribution >= 0.6 is 0 Å². The molecule has 0 radical (unpaired) electrons. The van der Waals surface area contributed by atoms with E-state index in [9.17, 15) is 0 Å². The minimum atomic E-state index is 0.905. The van der Waals surface area contributed by atoms with Crippen LogP contribution in [0.4, 0.5) is 0 Å². The van der Waals surface area contributed by atoms with E-state index in [1.54, 1.807) is 6.26 Å². The molecule has 1 aromatic rings. The average Bonchev–Trinajstić information content (AvgIpc) is 2.91. The number of nitrogens with zero attached hydrogens (tertiary/aromatic N) is 2. The highest BCUT2D eigenvalue weighted by molar-refractivity contribution is 5.00. The smallest absolute Gasteiger partial charge is 0.117 e. The fraction of sp³-hybridized carbons (Fsp3) is 0.750. The molecule has 3 heterocycles. The molecule has 3 heteroatoms. The number of hydrogen-bond acceptors (Lipinski definition) is 3. The van der Waals surface area contributed by atoms with Gasteiger partial charge in [-0.2, -0.15) is 0 Å². The summed E-state index contributed by atoms with van der Waals surface area (Å²) in [6.07, 6.45) is 6.16. The van der Waals surface area contributed by atoms with Gasteiger partial charge in [0.05, 0.1) is 12.8 Å². The molecule has 0 amide bonds. The molecular weight excluding hydrogens is 236 g/mol. The molecule has 2 saturated heterocycles. The standard InChI is InChI=1S/C16H24N2O/c1-2-16(19-7-1)12-18-9-14-5-6-17(8-13-3-4-13)10-15(14)11-18/h1-2,7,13-15H,3-6,8-12H2/t14-,15+/m0/s1. The van der Waals surface area contributed by atoms with Crippen molar-refractivity contribution in [3.8, 4) is 0 Å². The quantitative estimate of drug-likeness (QED) is 0.829. The SMILES string of the molecule is c1coc(CN2C[C@H]3CN(CC4CC4)CC[C@H]3C2)c1. The third-order valence-corrected chi connectivity index (χ3v) is 5.13. The highest BCUT2D eigenvalue weighted by Crippen LogP contribution is 2.35.